The SMILES string of the molecule is Fc1ccc(F)c2c(NCc3ccc(N4CCSCC4)cc3)ccnc12. The normalized spacial score (nSPS) is 14.6. The molecule has 0 amide bonds. The van der Waals surface area contributed by atoms with Crippen LogP contribution in [0.5, 0.6) is 0 Å². The molecule has 4 rings (SSSR count). The average Bonchev–Trinajstić information content (AvgIpc) is 2.70. The van der Waals surface area contributed by atoms with Crippen molar-refractivity contribution in [1.29, 1.82) is 0 Å². The molecule has 0 unspecified atom stereocenters. The van der Waals surface area contributed by atoms with Gasteiger partial charge in [0, 0.05) is 48.7 Å². The van der Waals surface area contributed by atoms with Gasteiger partial charge >= 0.3 is 0 Å². The highest BCUT2D eigenvalue weighted by Crippen LogP contribution is 2.27. The van der Waals surface area contributed by atoms with Crippen molar-refractivity contribution in [3.63, 3.8) is 0 Å². The number of thioether (sulfide) groups is 1. The molecule has 1 aliphatic rings. The van der Waals surface area contributed by atoms with Crippen molar-refractivity contribution in [1.82, 2.24) is 4.98 Å². The molecule has 1 fully saturated rings. The summed E-state index contributed by atoms with van der Waals surface area (Å²) in [6, 6.07) is 12.3. The van der Waals surface area contributed by atoms with Crippen LogP contribution in [0.2, 0.25) is 0 Å². The maximum atomic E-state index is 14.2. The van der Waals surface area contributed by atoms with Crippen LogP contribution in [0.25, 0.3) is 10.9 Å². The van der Waals surface area contributed by atoms with Crippen LogP contribution < -0.4 is 10.2 Å². The lowest BCUT2D eigenvalue weighted by molar-refractivity contribution is 0.615. The molecule has 3 nitrogen and oxygen atoms in total. The smallest absolute Gasteiger partial charge is 0.149 e. The topological polar surface area (TPSA) is 28.2 Å². The van der Waals surface area contributed by atoms with Gasteiger partial charge in [0.2, 0.25) is 0 Å². The summed E-state index contributed by atoms with van der Waals surface area (Å²) in [6.07, 6.45) is 1.49. The molecule has 26 heavy (non-hydrogen) atoms. The lowest BCUT2D eigenvalue weighted by Gasteiger charge is -2.28. The molecule has 3 aromatic rings. The van der Waals surface area contributed by atoms with E-state index in [1.54, 1.807) is 6.07 Å². The molecule has 2 heterocycles. The predicted molar refractivity (Wildman–Crippen MR) is 105 cm³/mol. The van der Waals surface area contributed by atoms with Crippen molar-refractivity contribution < 1.29 is 8.78 Å². The van der Waals surface area contributed by atoms with Gasteiger partial charge in [-0.15, -0.1) is 0 Å². The van der Waals surface area contributed by atoms with Gasteiger partial charge in [-0.25, -0.2) is 8.78 Å². The van der Waals surface area contributed by atoms with Gasteiger partial charge < -0.3 is 10.2 Å². The first-order chi connectivity index (χ1) is 12.7. The Balaban J connectivity index is 1.51. The minimum Gasteiger partial charge on any atom is -0.380 e. The summed E-state index contributed by atoms with van der Waals surface area (Å²) in [5.74, 6) is 1.34. The third-order valence-electron chi connectivity index (χ3n) is 4.59. The zero-order chi connectivity index (χ0) is 17.9. The standard InChI is InChI=1S/C20H19F2N3S/c21-16-5-6-17(22)20-19(16)18(7-8-23-20)24-13-14-1-3-15(4-2-14)25-9-11-26-12-10-25/h1-8H,9-13H2,(H,23,24). The van der Waals surface area contributed by atoms with Gasteiger partial charge in [-0.3, -0.25) is 4.98 Å². The Morgan fingerprint density at radius 1 is 0.962 bits per heavy atom. The zero-order valence-electron chi connectivity index (χ0n) is 14.2. The van der Waals surface area contributed by atoms with Crippen LogP contribution in [0.4, 0.5) is 20.2 Å². The van der Waals surface area contributed by atoms with Crippen LogP contribution in [0, 0.1) is 11.6 Å². The Kier molecular flexibility index (Phi) is 4.93. The summed E-state index contributed by atoms with van der Waals surface area (Å²) in [5, 5.41) is 3.40. The number of hydrogen-bond donors (Lipinski definition) is 1. The second-order valence-electron chi connectivity index (χ2n) is 6.23. The van der Waals surface area contributed by atoms with Crippen LogP contribution in [-0.2, 0) is 6.54 Å². The van der Waals surface area contributed by atoms with Gasteiger partial charge in [0.15, 0.2) is 0 Å². The maximum Gasteiger partial charge on any atom is 0.149 e. The summed E-state index contributed by atoms with van der Waals surface area (Å²) >= 11 is 1.99. The Labute approximate surface area is 155 Å². The number of hydrogen-bond acceptors (Lipinski definition) is 4. The van der Waals surface area contributed by atoms with Gasteiger partial charge in [-0.1, -0.05) is 12.1 Å². The molecule has 1 aliphatic heterocycles. The lowest BCUT2D eigenvalue weighted by atomic mass is 10.1. The molecule has 134 valence electrons. The van der Waals surface area contributed by atoms with Gasteiger partial charge in [0.1, 0.15) is 17.2 Å². The number of halogens is 2. The van der Waals surface area contributed by atoms with Crippen LogP contribution in [-0.4, -0.2) is 29.6 Å². The number of benzene rings is 2. The number of fused-ring (bicyclic) bond motifs is 1. The minimum atomic E-state index is -0.519. The Morgan fingerprint density at radius 2 is 1.69 bits per heavy atom. The highest BCUT2D eigenvalue weighted by atomic mass is 32.2. The average molecular weight is 371 g/mol. The number of aromatic nitrogens is 1. The zero-order valence-corrected chi connectivity index (χ0v) is 15.0. The molecule has 6 heteroatoms. The van der Waals surface area contributed by atoms with E-state index in [-0.39, 0.29) is 10.9 Å². The fourth-order valence-electron chi connectivity index (χ4n) is 3.18. The van der Waals surface area contributed by atoms with Crippen molar-refractivity contribution in [2.24, 2.45) is 0 Å². The molecule has 1 aromatic heterocycles. The largest absolute Gasteiger partial charge is 0.380 e. The second kappa shape index (κ2) is 7.50. The van der Waals surface area contributed by atoms with Crippen LogP contribution in [0.3, 0.4) is 0 Å². The molecule has 1 N–H and O–H groups in total. The minimum absolute atomic E-state index is 0.0494. The Morgan fingerprint density at radius 3 is 2.46 bits per heavy atom. The third-order valence-corrected chi connectivity index (χ3v) is 5.53. The molecule has 0 radical (unpaired) electrons. The Hall–Kier alpha value is -2.34. The predicted octanol–water partition coefficient (Wildman–Crippen LogP) is 4.68. The molecular weight excluding hydrogens is 352 g/mol. The first-order valence-electron chi connectivity index (χ1n) is 8.60. The van der Waals surface area contributed by atoms with E-state index in [0.29, 0.717) is 12.2 Å². The number of nitrogens with zero attached hydrogens (tertiary/aromatic N) is 2. The van der Waals surface area contributed by atoms with E-state index in [0.717, 1.165) is 30.8 Å². The van der Waals surface area contributed by atoms with Crippen LogP contribution in [0.1, 0.15) is 5.56 Å². The van der Waals surface area contributed by atoms with Crippen molar-refractivity contribution in [2.75, 3.05) is 34.8 Å². The third kappa shape index (κ3) is 3.46. The summed E-state index contributed by atoms with van der Waals surface area (Å²) in [5.41, 5.74) is 2.91. The molecule has 2 aromatic carbocycles. The molecule has 0 bridgehead atoms. The van der Waals surface area contributed by atoms with Gasteiger partial charge in [0.05, 0.1) is 5.39 Å². The van der Waals surface area contributed by atoms with Crippen molar-refractivity contribution in [2.45, 2.75) is 6.54 Å². The molecule has 0 spiro atoms. The summed E-state index contributed by atoms with van der Waals surface area (Å²) < 4.78 is 28.0. The van der Waals surface area contributed by atoms with Gasteiger partial charge in [-0.05, 0) is 35.9 Å². The van der Waals surface area contributed by atoms with Crippen LogP contribution in [0.15, 0.2) is 48.7 Å². The molecular formula is C20H19F2N3S. The quantitative estimate of drug-likeness (QED) is 0.721. The summed E-state index contributed by atoms with van der Waals surface area (Å²) in [7, 11) is 0. The van der Waals surface area contributed by atoms with Gasteiger partial charge in [0.25, 0.3) is 0 Å². The highest BCUT2D eigenvalue weighted by Gasteiger charge is 2.12. The molecule has 0 aliphatic carbocycles. The molecule has 0 saturated carbocycles. The lowest BCUT2D eigenvalue weighted by Crippen LogP contribution is -2.32. The molecule has 0 atom stereocenters. The monoisotopic (exact) mass is 371 g/mol. The van der Waals surface area contributed by atoms with Crippen LogP contribution >= 0.6 is 11.8 Å². The summed E-state index contributed by atoms with van der Waals surface area (Å²) in [6.45, 7) is 2.69. The van der Waals surface area contributed by atoms with E-state index in [1.807, 2.05) is 11.8 Å². The van der Waals surface area contributed by atoms with E-state index in [4.69, 9.17) is 0 Å². The number of nitrogens with one attached hydrogen (secondary N) is 1. The number of anilines is 2. The van der Waals surface area contributed by atoms with Crippen molar-refractivity contribution in [3.05, 3.63) is 65.9 Å². The second-order valence-corrected chi connectivity index (χ2v) is 7.46. The highest BCUT2D eigenvalue weighted by molar-refractivity contribution is 7.99. The van der Waals surface area contributed by atoms with Gasteiger partial charge in [-0.2, -0.15) is 11.8 Å². The van der Waals surface area contributed by atoms with E-state index < -0.39 is 11.6 Å². The van der Waals surface area contributed by atoms with Crippen molar-refractivity contribution >= 4 is 34.0 Å². The maximum absolute atomic E-state index is 14.2. The Bertz CT molecular complexity index is 909. The van der Waals surface area contributed by atoms with E-state index in [9.17, 15) is 8.78 Å². The number of pyridine rings is 1. The van der Waals surface area contributed by atoms with E-state index >= 15 is 0 Å². The molecule has 1 saturated heterocycles. The van der Waals surface area contributed by atoms with E-state index in [1.165, 1.54) is 23.4 Å². The van der Waals surface area contributed by atoms with E-state index in [2.05, 4.69) is 39.5 Å². The fraction of sp³-hybridized carbons (Fsp3) is 0.250. The number of rotatable bonds is 4. The first kappa shape index (κ1) is 17.1. The fourth-order valence-corrected chi connectivity index (χ4v) is 4.09. The summed E-state index contributed by atoms with van der Waals surface area (Å²) in [4.78, 5) is 6.35. The first-order valence-corrected chi connectivity index (χ1v) is 9.76. The van der Waals surface area contributed by atoms with Crippen molar-refractivity contribution in [3.8, 4) is 0 Å².